The molecular formula is C18H23N3O3S. The maximum Gasteiger partial charge on any atom is 0.270 e. The minimum absolute atomic E-state index is 0.0343. The van der Waals surface area contributed by atoms with Crippen LogP contribution in [0, 0.1) is 0 Å². The Morgan fingerprint density at radius 1 is 1.32 bits per heavy atom. The van der Waals surface area contributed by atoms with Crippen molar-refractivity contribution >= 4 is 23.5 Å². The largest absolute Gasteiger partial charge is 0.493 e. The molecule has 3 rings (SSSR count). The quantitative estimate of drug-likeness (QED) is 0.856. The number of aromatic amines is 1. The fourth-order valence-electron chi connectivity index (χ4n) is 2.92. The molecule has 0 saturated heterocycles. The third-order valence-corrected chi connectivity index (χ3v) is 5.30. The van der Waals surface area contributed by atoms with E-state index in [-0.39, 0.29) is 22.8 Å². The normalized spacial score (nSPS) is 17.1. The lowest BCUT2D eigenvalue weighted by atomic mass is 10.0. The number of anilines is 1. The van der Waals surface area contributed by atoms with Crippen molar-refractivity contribution in [3.05, 3.63) is 45.7 Å². The zero-order chi connectivity index (χ0) is 18.0. The van der Waals surface area contributed by atoms with Gasteiger partial charge in [-0.05, 0) is 26.3 Å². The van der Waals surface area contributed by atoms with Crippen molar-refractivity contribution in [2.45, 2.75) is 38.5 Å². The average Bonchev–Trinajstić information content (AvgIpc) is 2.80. The van der Waals surface area contributed by atoms with Crippen molar-refractivity contribution in [3.63, 3.8) is 0 Å². The number of carbonyl (C=O) groups excluding carboxylic acids is 1. The summed E-state index contributed by atoms with van der Waals surface area (Å²) in [5.41, 5.74) is 1.33. The van der Waals surface area contributed by atoms with Crippen LogP contribution in [0.4, 0.5) is 5.82 Å². The standard InChI is InChI=1S/C18H23N3O3S/c1-4-9-24-13-8-6-5-7-12(13)16-15-17(19-14(22)10-25-16)21(11(2)3)20-18(15)23/h5-8,11,16H,4,9-10H2,1-3H3,(H,19,22)(H,20,23). The molecule has 7 heteroatoms. The summed E-state index contributed by atoms with van der Waals surface area (Å²) in [4.78, 5) is 24.8. The van der Waals surface area contributed by atoms with Crippen LogP contribution in [0.3, 0.4) is 0 Å². The van der Waals surface area contributed by atoms with E-state index in [0.717, 1.165) is 17.7 Å². The second-order valence-electron chi connectivity index (χ2n) is 6.29. The molecule has 0 saturated carbocycles. The van der Waals surface area contributed by atoms with E-state index >= 15 is 0 Å². The van der Waals surface area contributed by atoms with Gasteiger partial charge in [0.2, 0.25) is 5.91 Å². The SMILES string of the molecule is CCCOc1ccccc1C1SCC(=O)Nc2c1c(=O)[nH]n2C(C)C. The van der Waals surface area contributed by atoms with Gasteiger partial charge in [0.25, 0.3) is 5.56 Å². The van der Waals surface area contributed by atoms with E-state index in [2.05, 4.69) is 17.3 Å². The van der Waals surface area contributed by atoms with Crippen LogP contribution >= 0.6 is 11.8 Å². The number of fused-ring (bicyclic) bond motifs is 1. The number of rotatable bonds is 5. The lowest BCUT2D eigenvalue weighted by Gasteiger charge is -2.18. The number of hydrogen-bond donors (Lipinski definition) is 2. The first-order valence-corrected chi connectivity index (χ1v) is 9.55. The molecule has 2 heterocycles. The summed E-state index contributed by atoms with van der Waals surface area (Å²) in [7, 11) is 0. The van der Waals surface area contributed by atoms with Crippen LogP contribution in [-0.4, -0.2) is 28.0 Å². The number of hydrogen-bond acceptors (Lipinski definition) is 4. The second kappa shape index (κ2) is 7.39. The molecule has 0 aliphatic carbocycles. The van der Waals surface area contributed by atoms with Crippen molar-refractivity contribution in [2.24, 2.45) is 0 Å². The van der Waals surface area contributed by atoms with Gasteiger partial charge < -0.3 is 10.1 Å². The summed E-state index contributed by atoms with van der Waals surface area (Å²) in [5.74, 6) is 1.51. The molecule has 1 unspecified atom stereocenters. The van der Waals surface area contributed by atoms with Gasteiger partial charge in [0.15, 0.2) is 0 Å². The number of ether oxygens (including phenoxy) is 1. The highest BCUT2D eigenvalue weighted by Crippen LogP contribution is 2.43. The van der Waals surface area contributed by atoms with Gasteiger partial charge in [-0.15, -0.1) is 11.8 Å². The molecule has 2 N–H and O–H groups in total. The number of benzene rings is 1. The molecule has 1 amide bonds. The van der Waals surface area contributed by atoms with Crippen LogP contribution in [0.1, 0.15) is 49.6 Å². The fraction of sp³-hybridized carbons (Fsp3) is 0.444. The Morgan fingerprint density at radius 2 is 2.08 bits per heavy atom. The van der Waals surface area contributed by atoms with E-state index < -0.39 is 0 Å². The molecule has 1 atom stereocenters. The third kappa shape index (κ3) is 3.46. The van der Waals surface area contributed by atoms with Crippen LogP contribution in [0.15, 0.2) is 29.1 Å². The Hall–Kier alpha value is -2.15. The minimum atomic E-state index is -0.259. The van der Waals surface area contributed by atoms with Gasteiger partial charge in [0.05, 0.1) is 23.2 Å². The number of thioether (sulfide) groups is 1. The van der Waals surface area contributed by atoms with Gasteiger partial charge in [-0.2, -0.15) is 0 Å². The van der Waals surface area contributed by atoms with E-state index in [4.69, 9.17) is 4.74 Å². The van der Waals surface area contributed by atoms with Gasteiger partial charge in [0, 0.05) is 11.6 Å². The molecule has 6 nitrogen and oxygen atoms in total. The summed E-state index contributed by atoms with van der Waals surface area (Å²) in [6, 6.07) is 7.77. The molecule has 0 radical (unpaired) electrons. The third-order valence-electron chi connectivity index (χ3n) is 4.04. The molecule has 0 fully saturated rings. The number of para-hydroxylation sites is 1. The Kier molecular flexibility index (Phi) is 5.22. The minimum Gasteiger partial charge on any atom is -0.493 e. The van der Waals surface area contributed by atoms with Crippen molar-refractivity contribution in [1.29, 1.82) is 0 Å². The maximum atomic E-state index is 12.7. The Morgan fingerprint density at radius 3 is 2.80 bits per heavy atom. The van der Waals surface area contributed by atoms with Gasteiger partial charge >= 0.3 is 0 Å². The van der Waals surface area contributed by atoms with E-state index in [1.54, 1.807) is 4.68 Å². The van der Waals surface area contributed by atoms with Gasteiger partial charge in [-0.1, -0.05) is 25.1 Å². The summed E-state index contributed by atoms with van der Waals surface area (Å²) >= 11 is 1.45. The number of nitrogens with zero attached hydrogens (tertiary/aromatic N) is 1. The molecule has 1 aromatic carbocycles. The average molecular weight is 361 g/mol. The van der Waals surface area contributed by atoms with E-state index in [9.17, 15) is 9.59 Å². The zero-order valence-electron chi connectivity index (χ0n) is 14.7. The van der Waals surface area contributed by atoms with E-state index in [1.165, 1.54) is 11.8 Å². The smallest absolute Gasteiger partial charge is 0.270 e. The second-order valence-corrected chi connectivity index (χ2v) is 7.39. The lowest BCUT2D eigenvalue weighted by molar-refractivity contribution is -0.113. The summed E-state index contributed by atoms with van der Waals surface area (Å²) < 4.78 is 7.60. The first-order valence-electron chi connectivity index (χ1n) is 8.50. The van der Waals surface area contributed by atoms with E-state index in [1.807, 2.05) is 38.1 Å². The molecule has 0 bridgehead atoms. The lowest BCUT2D eigenvalue weighted by Crippen LogP contribution is -2.17. The van der Waals surface area contributed by atoms with Gasteiger partial charge in [-0.3, -0.25) is 19.4 Å². The van der Waals surface area contributed by atoms with Crippen LogP contribution in [0.5, 0.6) is 5.75 Å². The van der Waals surface area contributed by atoms with Crippen molar-refractivity contribution in [3.8, 4) is 5.75 Å². The molecule has 0 spiro atoms. The molecule has 1 aromatic heterocycles. The molecule has 1 aliphatic rings. The predicted molar refractivity (Wildman–Crippen MR) is 101 cm³/mol. The number of H-pyrrole nitrogens is 1. The zero-order valence-corrected chi connectivity index (χ0v) is 15.5. The van der Waals surface area contributed by atoms with Crippen LogP contribution in [0.25, 0.3) is 0 Å². The first kappa shape index (κ1) is 17.7. The molecule has 25 heavy (non-hydrogen) atoms. The molecule has 2 aromatic rings. The van der Waals surface area contributed by atoms with Crippen molar-refractivity contribution < 1.29 is 9.53 Å². The molecule has 1 aliphatic heterocycles. The number of nitrogens with one attached hydrogen (secondary N) is 2. The first-order chi connectivity index (χ1) is 12.0. The van der Waals surface area contributed by atoms with Crippen molar-refractivity contribution in [1.82, 2.24) is 9.78 Å². The topological polar surface area (TPSA) is 76.1 Å². The summed E-state index contributed by atoms with van der Waals surface area (Å²) in [5, 5.41) is 5.49. The van der Waals surface area contributed by atoms with E-state index in [0.29, 0.717) is 23.7 Å². The highest BCUT2D eigenvalue weighted by Gasteiger charge is 2.32. The molecular weight excluding hydrogens is 338 g/mol. The summed E-state index contributed by atoms with van der Waals surface area (Å²) in [6.45, 7) is 6.60. The Labute approximate surface area is 150 Å². The number of carbonyl (C=O) groups is 1. The highest BCUT2D eigenvalue weighted by atomic mass is 32.2. The Balaban J connectivity index is 2.13. The Bertz CT molecular complexity index is 825. The van der Waals surface area contributed by atoms with Gasteiger partial charge in [-0.25, -0.2) is 0 Å². The monoisotopic (exact) mass is 361 g/mol. The number of aromatic nitrogens is 2. The highest BCUT2D eigenvalue weighted by molar-refractivity contribution is 8.00. The maximum absolute atomic E-state index is 12.7. The van der Waals surface area contributed by atoms with Crippen LogP contribution < -0.4 is 15.6 Å². The number of amides is 1. The van der Waals surface area contributed by atoms with Crippen LogP contribution in [0.2, 0.25) is 0 Å². The fourth-order valence-corrected chi connectivity index (χ4v) is 4.07. The van der Waals surface area contributed by atoms with Gasteiger partial charge in [0.1, 0.15) is 11.6 Å². The summed E-state index contributed by atoms with van der Waals surface area (Å²) in [6.07, 6.45) is 0.905. The predicted octanol–water partition coefficient (Wildman–Crippen LogP) is 3.32. The van der Waals surface area contributed by atoms with Crippen LogP contribution in [-0.2, 0) is 4.79 Å². The van der Waals surface area contributed by atoms with Crippen molar-refractivity contribution in [2.75, 3.05) is 17.7 Å². The molecule has 134 valence electrons.